The van der Waals surface area contributed by atoms with Crippen molar-refractivity contribution in [2.45, 2.75) is 51.9 Å². The molecule has 0 atom stereocenters. The second-order valence-electron chi connectivity index (χ2n) is 10.7. The molecular weight excluding hydrogens is 420 g/mol. The van der Waals surface area contributed by atoms with Crippen LogP contribution in [0.25, 0.3) is 0 Å². The van der Waals surface area contributed by atoms with Gasteiger partial charge in [-0.25, -0.2) is 0 Å². The van der Waals surface area contributed by atoms with Crippen LogP contribution in [-0.2, 0) is 20.4 Å². The molecular formula is C30H33N2O2+. The average molecular weight is 454 g/mol. The lowest BCUT2D eigenvalue weighted by Crippen LogP contribution is -2.42. The van der Waals surface area contributed by atoms with Gasteiger partial charge in [0.05, 0.1) is 11.0 Å². The van der Waals surface area contributed by atoms with Crippen LogP contribution in [0.4, 0.5) is 11.4 Å². The van der Waals surface area contributed by atoms with Gasteiger partial charge in [-0.15, -0.1) is 0 Å². The maximum atomic E-state index is 13.3. The second-order valence-corrected chi connectivity index (χ2v) is 10.7. The zero-order valence-corrected chi connectivity index (χ0v) is 21.0. The molecule has 0 radical (unpaired) electrons. The number of ketones is 2. The molecule has 0 amide bonds. The minimum Gasteiger partial charge on any atom is -0.347 e. The molecule has 1 aliphatic carbocycles. The Labute approximate surface area is 202 Å². The number of hydrogen-bond donors (Lipinski definition) is 0. The van der Waals surface area contributed by atoms with E-state index in [0.29, 0.717) is 5.57 Å². The van der Waals surface area contributed by atoms with Gasteiger partial charge in [-0.3, -0.25) is 9.59 Å². The number of likely N-dealkylation sites (N-methyl/N-ethyl adjacent to an activating group) is 1. The predicted octanol–water partition coefficient (Wildman–Crippen LogP) is 5.48. The van der Waals surface area contributed by atoms with Gasteiger partial charge in [0.1, 0.15) is 12.5 Å². The number of anilines is 1. The largest absolute Gasteiger partial charge is 0.347 e. The lowest BCUT2D eigenvalue weighted by molar-refractivity contribution is -0.437. The first-order valence-corrected chi connectivity index (χ1v) is 12.2. The fourth-order valence-electron chi connectivity index (χ4n) is 5.95. The van der Waals surface area contributed by atoms with E-state index >= 15 is 0 Å². The van der Waals surface area contributed by atoms with Crippen molar-refractivity contribution in [3.05, 3.63) is 83.1 Å². The number of nitrogens with zero attached hydrogens (tertiary/aromatic N) is 2. The first-order valence-electron chi connectivity index (χ1n) is 12.2. The van der Waals surface area contributed by atoms with Gasteiger partial charge in [0, 0.05) is 48.0 Å². The van der Waals surface area contributed by atoms with Gasteiger partial charge in [0.2, 0.25) is 5.69 Å². The molecule has 34 heavy (non-hydrogen) atoms. The Morgan fingerprint density at radius 3 is 2.18 bits per heavy atom. The number of allylic oxidation sites excluding steroid dienone is 4. The normalized spacial score (nSPS) is 23.4. The highest BCUT2D eigenvalue weighted by Gasteiger charge is 2.50. The predicted molar refractivity (Wildman–Crippen MR) is 137 cm³/mol. The van der Waals surface area contributed by atoms with E-state index in [1.807, 2.05) is 37.4 Å². The standard InChI is InChI=1S/C30H33N2O2/c1-7-16-32-24-15-11-9-13-22(24)30(4,5)26(32)18-20-27(33)19(28(20)34)17-25-29(2,3)21-12-8-10-14-23(21)31(25)6/h8-15,17-19H,7,16H2,1-6H3/q+1/b20-18?,25-17+. The lowest BCUT2D eigenvalue weighted by Gasteiger charge is -2.29. The molecule has 0 bridgehead atoms. The Bertz CT molecular complexity index is 1300. The van der Waals surface area contributed by atoms with Crippen molar-refractivity contribution in [2.24, 2.45) is 5.92 Å². The Morgan fingerprint density at radius 2 is 1.53 bits per heavy atom. The van der Waals surface area contributed by atoms with Gasteiger partial charge in [-0.1, -0.05) is 57.2 Å². The smallest absolute Gasteiger partial charge is 0.209 e. The van der Waals surface area contributed by atoms with Crippen LogP contribution in [0.1, 0.15) is 52.2 Å². The first kappa shape index (κ1) is 22.5. The molecule has 2 aromatic carbocycles. The molecule has 2 aromatic rings. The molecule has 0 spiro atoms. The minimum atomic E-state index is -0.704. The molecule has 1 saturated carbocycles. The molecule has 0 N–H and O–H groups in total. The van der Waals surface area contributed by atoms with Crippen LogP contribution in [-0.4, -0.2) is 35.4 Å². The molecule has 4 nitrogen and oxygen atoms in total. The molecule has 174 valence electrons. The van der Waals surface area contributed by atoms with Crippen LogP contribution in [0.15, 0.2) is 72.0 Å². The first-order chi connectivity index (χ1) is 16.1. The quantitative estimate of drug-likeness (QED) is 0.266. The molecule has 2 heterocycles. The Hall–Kier alpha value is -3.27. The third kappa shape index (κ3) is 3.01. The number of benzene rings is 2. The van der Waals surface area contributed by atoms with Gasteiger partial charge in [0.15, 0.2) is 17.3 Å². The second kappa shape index (κ2) is 7.63. The summed E-state index contributed by atoms with van der Waals surface area (Å²) in [6.07, 6.45) is 4.74. The van der Waals surface area contributed by atoms with Gasteiger partial charge in [0.25, 0.3) is 0 Å². The number of para-hydroxylation sites is 2. The zero-order valence-electron chi connectivity index (χ0n) is 21.0. The summed E-state index contributed by atoms with van der Waals surface area (Å²) in [6.45, 7) is 11.7. The van der Waals surface area contributed by atoms with Crippen LogP contribution < -0.4 is 4.90 Å². The molecule has 3 aliphatic rings. The van der Waals surface area contributed by atoms with Crippen molar-refractivity contribution < 1.29 is 14.2 Å². The highest BCUT2D eigenvalue weighted by atomic mass is 16.2. The molecule has 0 aromatic heterocycles. The van der Waals surface area contributed by atoms with E-state index in [4.69, 9.17) is 0 Å². The SMILES string of the molecule is CCC[N+]1=C(C=C2C(=O)C(/C=C3/N(C)c4ccccc4C3(C)C)C2=O)C(C)(C)c2ccccc21. The van der Waals surface area contributed by atoms with E-state index in [1.165, 1.54) is 16.8 Å². The summed E-state index contributed by atoms with van der Waals surface area (Å²) >= 11 is 0. The van der Waals surface area contributed by atoms with Crippen molar-refractivity contribution >= 4 is 28.7 Å². The minimum absolute atomic E-state index is 0.0756. The summed E-state index contributed by atoms with van der Waals surface area (Å²) in [5.74, 6) is -0.855. The number of Topliss-reactive ketones (excluding diaryl/α,β-unsaturated/α-hetero) is 2. The van der Waals surface area contributed by atoms with Crippen molar-refractivity contribution in [3.8, 4) is 0 Å². The molecule has 4 heteroatoms. The monoisotopic (exact) mass is 453 g/mol. The summed E-state index contributed by atoms with van der Waals surface area (Å²) in [5.41, 5.74) is 6.60. The third-order valence-electron chi connectivity index (χ3n) is 7.89. The third-order valence-corrected chi connectivity index (χ3v) is 7.89. The number of carbonyl (C=O) groups excluding carboxylic acids is 2. The summed E-state index contributed by atoms with van der Waals surface area (Å²) in [6, 6.07) is 16.7. The van der Waals surface area contributed by atoms with E-state index in [2.05, 4.69) is 74.4 Å². The van der Waals surface area contributed by atoms with Crippen molar-refractivity contribution in [3.63, 3.8) is 0 Å². The summed E-state index contributed by atoms with van der Waals surface area (Å²) in [7, 11) is 2.01. The molecule has 2 aliphatic heterocycles. The molecule has 1 fully saturated rings. The van der Waals surface area contributed by atoms with E-state index in [9.17, 15) is 9.59 Å². The van der Waals surface area contributed by atoms with Crippen LogP contribution in [0, 0.1) is 5.92 Å². The summed E-state index contributed by atoms with van der Waals surface area (Å²) in [4.78, 5) is 28.7. The van der Waals surface area contributed by atoms with E-state index < -0.39 is 5.92 Å². The Kier molecular flexibility index (Phi) is 5.05. The topological polar surface area (TPSA) is 40.4 Å². The van der Waals surface area contributed by atoms with Gasteiger partial charge in [-0.2, -0.15) is 4.58 Å². The van der Waals surface area contributed by atoms with Gasteiger partial charge in [-0.05, 0) is 31.6 Å². The zero-order chi connectivity index (χ0) is 24.4. The Balaban J connectivity index is 1.51. The average Bonchev–Trinajstić information content (AvgIpc) is 3.15. The highest BCUT2D eigenvalue weighted by Crippen LogP contribution is 2.48. The summed E-state index contributed by atoms with van der Waals surface area (Å²) in [5, 5.41) is 0. The highest BCUT2D eigenvalue weighted by molar-refractivity contribution is 6.41. The number of carbonyl (C=O) groups is 2. The molecule has 5 rings (SSSR count). The van der Waals surface area contributed by atoms with Crippen molar-refractivity contribution in [2.75, 3.05) is 18.5 Å². The maximum Gasteiger partial charge on any atom is 0.209 e. The van der Waals surface area contributed by atoms with Crippen molar-refractivity contribution in [1.82, 2.24) is 0 Å². The number of hydrogen-bond acceptors (Lipinski definition) is 3. The number of rotatable bonds is 4. The van der Waals surface area contributed by atoms with E-state index in [1.54, 1.807) is 0 Å². The van der Waals surface area contributed by atoms with Crippen LogP contribution in [0.3, 0.4) is 0 Å². The lowest BCUT2D eigenvalue weighted by atomic mass is 9.72. The Morgan fingerprint density at radius 1 is 0.912 bits per heavy atom. The molecule has 0 saturated heterocycles. The summed E-state index contributed by atoms with van der Waals surface area (Å²) < 4.78 is 2.28. The van der Waals surface area contributed by atoms with E-state index in [0.717, 1.165) is 30.1 Å². The van der Waals surface area contributed by atoms with Crippen LogP contribution in [0.2, 0.25) is 0 Å². The molecule has 0 unspecified atom stereocenters. The van der Waals surface area contributed by atoms with Gasteiger partial charge < -0.3 is 4.90 Å². The van der Waals surface area contributed by atoms with Gasteiger partial charge >= 0.3 is 0 Å². The van der Waals surface area contributed by atoms with Crippen molar-refractivity contribution in [1.29, 1.82) is 0 Å². The fourth-order valence-corrected chi connectivity index (χ4v) is 5.95. The van der Waals surface area contributed by atoms with Crippen LogP contribution in [0.5, 0.6) is 0 Å². The number of fused-ring (bicyclic) bond motifs is 2. The fraction of sp³-hybridized carbons (Fsp3) is 0.367. The van der Waals surface area contributed by atoms with E-state index in [-0.39, 0.29) is 22.4 Å². The van der Waals surface area contributed by atoms with Crippen LogP contribution >= 0.6 is 0 Å². The maximum absolute atomic E-state index is 13.3.